The number of aromatic nitrogens is 3. The van der Waals surface area contributed by atoms with Crippen LogP contribution >= 0.6 is 0 Å². The summed E-state index contributed by atoms with van der Waals surface area (Å²) in [7, 11) is 3.22. The van der Waals surface area contributed by atoms with E-state index in [4.69, 9.17) is 20.2 Å². The Bertz CT molecular complexity index is 1220. The van der Waals surface area contributed by atoms with Crippen molar-refractivity contribution in [3.8, 4) is 22.8 Å². The van der Waals surface area contributed by atoms with Crippen LogP contribution < -0.4 is 20.5 Å². The number of anilines is 3. The molecule has 4 rings (SSSR count). The number of aryl methyl sites for hydroxylation is 2. The Hall–Kier alpha value is -3.87. The summed E-state index contributed by atoms with van der Waals surface area (Å²) in [6.45, 7) is 4.09. The highest BCUT2D eigenvalue weighted by Crippen LogP contribution is 2.33. The van der Waals surface area contributed by atoms with Crippen LogP contribution in [0, 0.1) is 13.8 Å². The molecule has 0 amide bonds. The van der Waals surface area contributed by atoms with Crippen molar-refractivity contribution in [2.75, 3.05) is 25.3 Å². The van der Waals surface area contributed by atoms with Crippen LogP contribution in [0.2, 0.25) is 0 Å². The van der Waals surface area contributed by atoms with Gasteiger partial charge in [0.2, 0.25) is 5.95 Å². The van der Waals surface area contributed by atoms with Crippen molar-refractivity contribution in [3.63, 3.8) is 0 Å². The van der Waals surface area contributed by atoms with Crippen molar-refractivity contribution >= 4 is 28.5 Å². The smallest absolute Gasteiger partial charge is 0.222 e. The highest BCUT2D eigenvalue weighted by molar-refractivity contribution is 5.90. The van der Waals surface area contributed by atoms with Crippen LogP contribution in [0.3, 0.4) is 0 Å². The fourth-order valence-electron chi connectivity index (χ4n) is 3.41. The number of fused-ring (bicyclic) bond motifs is 1. The number of nitrogens with one attached hydrogen (secondary N) is 1. The lowest BCUT2D eigenvalue weighted by molar-refractivity contribution is 0.355. The zero-order valence-corrected chi connectivity index (χ0v) is 17.4. The number of hydrogen-bond acceptors (Lipinski definition) is 7. The second-order valence-electron chi connectivity index (χ2n) is 6.96. The van der Waals surface area contributed by atoms with Gasteiger partial charge in [-0.25, -0.2) is 9.97 Å². The van der Waals surface area contributed by atoms with Crippen LogP contribution in [0.1, 0.15) is 11.1 Å². The van der Waals surface area contributed by atoms with Crippen LogP contribution in [0.4, 0.5) is 17.5 Å². The highest BCUT2D eigenvalue weighted by atomic mass is 16.5. The number of rotatable bonds is 5. The third-order valence-corrected chi connectivity index (χ3v) is 4.96. The Kier molecular flexibility index (Phi) is 5.10. The Labute approximate surface area is 174 Å². The third kappa shape index (κ3) is 3.57. The van der Waals surface area contributed by atoms with Crippen molar-refractivity contribution in [1.82, 2.24) is 15.0 Å². The number of nitrogens with zero attached hydrogens (tertiary/aromatic N) is 3. The molecule has 2 aromatic heterocycles. The normalized spacial score (nSPS) is 10.8. The first-order valence-electron chi connectivity index (χ1n) is 9.50. The number of methoxy groups -OCH3 is 2. The van der Waals surface area contributed by atoms with E-state index in [0.29, 0.717) is 28.4 Å². The molecule has 0 bridgehead atoms. The van der Waals surface area contributed by atoms with Gasteiger partial charge in [0, 0.05) is 11.3 Å². The number of ether oxygens (including phenoxy) is 2. The summed E-state index contributed by atoms with van der Waals surface area (Å²) in [4.78, 5) is 13.6. The molecule has 0 aliphatic heterocycles. The first-order valence-corrected chi connectivity index (χ1v) is 9.50. The summed E-state index contributed by atoms with van der Waals surface area (Å²) >= 11 is 0. The molecular formula is C23H23N5O2. The molecule has 0 atom stereocenters. The molecule has 0 aliphatic carbocycles. The standard InChI is InChI=1S/C23H23N5O2/c1-13-6-5-7-14(2)20(13)27-22-21-17(26-23(24)28-22)10-9-16(25-21)15-8-11-18(29-3)19(12-15)30-4/h5-12H,1-4H3,(H3,24,26,27,28). The highest BCUT2D eigenvalue weighted by Gasteiger charge is 2.13. The lowest BCUT2D eigenvalue weighted by Gasteiger charge is -2.14. The van der Waals surface area contributed by atoms with Gasteiger partial charge in [0.1, 0.15) is 5.52 Å². The van der Waals surface area contributed by atoms with Crippen molar-refractivity contribution in [2.24, 2.45) is 0 Å². The Morgan fingerprint density at radius 2 is 1.57 bits per heavy atom. The Morgan fingerprint density at radius 1 is 0.833 bits per heavy atom. The molecule has 0 radical (unpaired) electrons. The zero-order valence-electron chi connectivity index (χ0n) is 17.4. The molecular weight excluding hydrogens is 378 g/mol. The molecule has 2 heterocycles. The van der Waals surface area contributed by atoms with Crippen molar-refractivity contribution in [1.29, 1.82) is 0 Å². The summed E-state index contributed by atoms with van der Waals surface area (Å²) in [5, 5.41) is 3.41. The van der Waals surface area contributed by atoms with E-state index in [1.165, 1.54) is 0 Å². The SMILES string of the molecule is COc1ccc(-c2ccc3nc(N)nc(Nc4c(C)cccc4C)c3n2)cc1OC. The molecule has 3 N–H and O–H groups in total. The molecule has 0 saturated carbocycles. The Balaban J connectivity index is 1.84. The maximum Gasteiger partial charge on any atom is 0.222 e. The third-order valence-electron chi connectivity index (χ3n) is 4.96. The van der Waals surface area contributed by atoms with Gasteiger partial charge >= 0.3 is 0 Å². The van der Waals surface area contributed by atoms with Crippen molar-refractivity contribution < 1.29 is 9.47 Å². The first-order chi connectivity index (χ1) is 14.5. The summed E-state index contributed by atoms with van der Waals surface area (Å²) in [6, 6.07) is 15.6. The van der Waals surface area contributed by atoms with Gasteiger partial charge in [0.15, 0.2) is 17.3 Å². The molecule has 2 aromatic carbocycles. The second-order valence-corrected chi connectivity index (χ2v) is 6.96. The van der Waals surface area contributed by atoms with E-state index < -0.39 is 0 Å². The van der Waals surface area contributed by atoms with Crippen molar-refractivity contribution in [3.05, 3.63) is 59.7 Å². The van der Waals surface area contributed by atoms with Gasteiger partial charge in [-0.2, -0.15) is 4.98 Å². The molecule has 30 heavy (non-hydrogen) atoms. The maximum atomic E-state index is 5.95. The van der Waals surface area contributed by atoms with Crippen LogP contribution in [-0.4, -0.2) is 29.2 Å². The number of pyridine rings is 1. The van der Waals surface area contributed by atoms with E-state index in [-0.39, 0.29) is 5.95 Å². The van der Waals surface area contributed by atoms with Crippen LogP contribution in [-0.2, 0) is 0 Å². The van der Waals surface area contributed by atoms with Gasteiger partial charge in [-0.15, -0.1) is 0 Å². The molecule has 0 fully saturated rings. The maximum absolute atomic E-state index is 5.95. The average molecular weight is 401 g/mol. The fraction of sp³-hybridized carbons (Fsp3) is 0.174. The van der Waals surface area contributed by atoms with E-state index in [9.17, 15) is 0 Å². The largest absolute Gasteiger partial charge is 0.493 e. The fourth-order valence-corrected chi connectivity index (χ4v) is 3.41. The molecule has 0 saturated heterocycles. The number of benzene rings is 2. The molecule has 7 heteroatoms. The minimum atomic E-state index is 0.192. The molecule has 4 aromatic rings. The van der Waals surface area contributed by atoms with Crippen LogP contribution in [0.5, 0.6) is 11.5 Å². The van der Waals surface area contributed by atoms with Crippen molar-refractivity contribution in [2.45, 2.75) is 13.8 Å². The van der Waals surface area contributed by atoms with E-state index in [1.54, 1.807) is 14.2 Å². The molecule has 0 spiro atoms. The summed E-state index contributed by atoms with van der Waals surface area (Å²) < 4.78 is 10.8. The van der Waals surface area contributed by atoms with E-state index in [1.807, 2.05) is 62.4 Å². The van der Waals surface area contributed by atoms with Crippen LogP contribution in [0.15, 0.2) is 48.5 Å². The van der Waals surface area contributed by atoms with Gasteiger partial charge in [-0.05, 0) is 55.3 Å². The number of nitrogen functional groups attached to an aromatic ring is 1. The summed E-state index contributed by atoms with van der Waals surface area (Å²) in [5.41, 5.74) is 12.1. The average Bonchev–Trinajstić information content (AvgIpc) is 2.75. The van der Waals surface area contributed by atoms with E-state index in [2.05, 4.69) is 15.3 Å². The minimum Gasteiger partial charge on any atom is -0.493 e. The summed E-state index contributed by atoms with van der Waals surface area (Å²) in [6.07, 6.45) is 0. The van der Waals surface area contributed by atoms with Crippen LogP contribution in [0.25, 0.3) is 22.3 Å². The van der Waals surface area contributed by atoms with Gasteiger partial charge in [0.05, 0.1) is 25.4 Å². The molecule has 0 aliphatic rings. The summed E-state index contributed by atoms with van der Waals surface area (Å²) in [5.74, 6) is 2.06. The number of hydrogen-bond donors (Lipinski definition) is 2. The minimum absolute atomic E-state index is 0.192. The predicted molar refractivity (Wildman–Crippen MR) is 119 cm³/mol. The van der Waals surface area contributed by atoms with Gasteiger partial charge in [-0.1, -0.05) is 18.2 Å². The molecule has 152 valence electrons. The zero-order chi connectivity index (χ0) is 21.3. The monoisotopic (exact) mass is 401 g/mol. The molecule has 0 unspecified atom stereocenters. The number of nitrogens with two attached hydrogens (primary N) is 1. The lowest BCUT2D eigenvalue weighted by atomic mass is 10.1. The topological polar surface area (TPSA) is 95.2 Å². The van der Waals surface area contributed by atoms with Gasteiger partial charge in [-0.3, -0.25) is 0 Å². The first kappa shape index (κ1) is 19.4. The van der Waals surface area contributed by atoms with Gasteiger partial charge in [0.25, 0.3) is 0 Å². The van der Waals surface area contributed by atoms with E-state index in [0.717, 1.165) is 28.1 Å². The Morgan fingerprint density at radius 3 is 2.27 bits per heavy atom. The number of para-hydroxylation sites is 1. The lowest BCUT2D eigenvalue weighted by Crippen LogP contribution is -2.04. The second kappa shape index (κ2) is 7.87. The quantitative estimate of drug-likeness (QED) is 0.502. The molecule has 7 nitrogen and oxygen atoms in total. The van der Waals surface area contributed by atoms with E-state index >= 15 is 0 Å². The predicted octanol–water partition coefficient (Wildman–Crippen LogP) is 4.65. The van der Waals surface area contributed by atoms with Gasteiger partial charge < -0.3 is 20.5 Å².